The molecular formula is C17H31N3S. The number of rotatable bonds is 8. The zero-order chi connectivity index (χ0) is 15.5. The number of unbranched alkanes of at least 4 members (excludes halogenated alkanes) is 1. The Bertz CT molecular complexity index is 443. The summed E-state index contributed by atoms with van der Waals surface area (Å²) in [4.78, 5) is 8.87. The zero-order valence-corrected chi connectivity index (χ0v) is 15.1. The van der Waals surface area contributed by atoms with Gasteiger partial charge in [0.2, 0.25) is 0 Å². The van der Waals surface area contributed by atoms with Crippen LogP contribution in [0.1, 0.15) is 70.9 Å². The molecule has 4 heteroatoms. The van der Waals surface area contributed by atoms with Crippen LogP contribution in [-0.2, 0) is 12.0 Å². The summed E-state index contributed by atoms with van der Waals surface area (Å²) in [6, 6.07) is 0.755. The fourth-order valence-corrected chi connectivity index (χ4v) is 3.75. The molecule has 0 unspecified atom stereocenters. The van der Waals surface area contributed by atoms with Gasteiger partial charge in [0, 0.05) is 36.0 Å². The average Bonchev–Trinajstić information content (AvgIpc) is 3.15. The van der Waals surface area contributed by atoms with Crippen molar-refractivity contribution in [1.29, 1.82) is 0 Å². The molecule has 0 bridgehead atoms. The summed E-state index contributed by atoms with van der Waals surface area (Å²) in [5.74, 6) is 0. The highest BCUT2D eigenvalue weighted by Gasteiger charge is 2.26. The lowest BCUT2D eigenvalue weighted by molar-refractivity contribution is 0.558. The first-order valence-corrected chi connectivity index (χ1v) is 9.25. The van der Waals surface area contributed by atoms with Gasteiger partial charge < -0.3 is 10.2 Å². The Kier molecular flexibility index (Phi) is 5.67. The highest BCUT2D eigenvalue weighted by molar-refractivity contribution is 7.15. The van der Waals surface area contributed by atoms with Gasteiger partial charge in [0.15, 0.2) is 5.13 Å². The number of nitrogens with zero attached hydrogens (tertiary/aromatic N) is 2. The SMILES string of the molecule is CCCCN(CC)c1nc(C(C)(C)C)c(CNC2CC2)s1. The fourth-order valence-electron chi connectivity index (χ4n) is 2.44. The quantitative estimate of drug-likeness (QED) is 0.775. The molecule has 0 aliphatic heterocycles. The Morgan fingerprint density at radius 3 is 2.52 bits per heavy atom. The third-order valence-corrected chi connectivity index (χ3v) is 5.08. The lowest BCUT2D eigenvalue weighted by Gasteiger charge is -2.20. The molecule has 1 fully saturated rings. The van der Waals surface area contributed by atoms with Crippen LogP contribution >= 0.6 is 11.3 Å². The van der Waals surface area contributed by atoms with Crippen molar-refractivity contribution in [2.45, 2.75) is 78.3 Å². The molecule has 2 rings (SSSR count). The molecule has 1 aromatic rings. The third kappa shape index (κ3) is 4.68. The van der Waals surface area contributed by atoms with Crippen LogP contribution in [0.3, 0.4) is 0 Å². The minimum Gasteiger partial charge on any atom is -0.348 e. The van der Waals surface area contributed by atoms with E-state index in [0.29, 0.717) is 0 Å². The minimum atomic E-state index is 0.124. The van der Waals surface area contributed by atoms with E-state index in [9.17, 15) is 0 Å². The van der Waals surface area contributed by atoms with Crippen molar-refractivity contribution < 1.29 is 0 Å². The Morgan fingerprint density at radius 1 is 1.29 bits per heavy atom. The zero-order valence-electron chi connectivity index (χ0n) is 14.3. The Labute approximate surface area is 134 Å². The maximum absolute atomic E-state index is 5.01. The van der Waals surface area contributed by atoms with Crippen molar-refractivity contribution in [3.63, 3.8) is 0 Å². The Hall–Kier alpha value is -0.610. The van der Waals surface area contributed by atoms with Gasteiger partial charge in [-0.15, -0.1) is 11.3 Å². The number of thiazole rings is 1. The summed E-state index contributed by atoms with van der Waals surface area (Å²) < 4.78 is 0. The van der Waals surface area contributed by atoms with E-state index in [4.69, 9.17) is 4.98 Å². The maximum atomic E-state index is 5.01. The largest absolute Gasteiger partial charge is 0.348 e. The first kappa shape index (κ1) is 16.8. The third-order valence-electron chi connectivity index (χ3n) is 3.96. The summed E-state index contributed by atoms with van der Waals surface area (Å²) in [6.07, 6.45) is 5.17. The van der Waals surface area contributed by atoms with E-state index in [1.54, 1.807) is 0 Å². The molecule has 1 aliphatic rings. The highest BCUT2D eigenvalue weighted by atomic mass is 32.1. The van der Waals surface area contributed by atoms with Crippen LogP contribution in [-0.4, -0.2) is 24.1 Å². The summed E-state index contributed by atoms with van der Waals surface area (Å²) >= 11 is 1.89. The molecule has 0 atom stereocenters. The lowest BCUT2D eigenvalue weighted by Crippen LogP contribution is -2.24. The molecular weight excluding hydrogens is 278 g/mol. The van der Waals surface area contributed by atoms with E-state index < -0.39 is 0 Å². The molecule has 120 valence electrons. The van der Waals surface area contributed by atoms with Crippen LogP contribution < -0.4 is 10.2 Å². The molecule has 1 N–H and O–H groups in total. The molecule has 21 heavy (non-hydrogen) atoms. The van der Waals surface area contributed by atoms with Gasteiger partial charge in [0.05, 0.1) is 5.69 Å². The monoisotopic (exact) mass is 309 g/mol. The molecule has 0 saturated heterocycles. The van der Waals surface area contributed by atoms with Crippen LogP contribution in [0.4, 0.5) is 5.13 Å². The van der Waals surface area contributed by atoms with Gasteiger partial charge in [-0.2, -0.15) is 0 Å². The standard InChI is InChI=1S/C17H31N3S/c1-6-8-11-20(7-2)16-19-15(17(3,4)5)14(21-16)12-18-13-9-10-13/h13,18H,6-12H2,1-5H3. The van der Waals surface area contributed by atoms with Gasteiger partial charge in [-0.3, -0.25) is 0 Å². The number of hydrogen-bond acceptors (Lipinski definition) is 4. The summed E-state index contributed by atoms with van der Waals surface area (Å²) in [5.41, 5.74) is 1.41. The fraction of sp³-hybridized carbons (Fsp3) is 0.824. The molecule has 0 aromatic carbocycles. The van der Waals surface area contributed by atoms with Crippen molar-refractivity contribution in [3.8, 4) is 0 Å². The van der Waals surface area contributed by atoms with Crippen molar-refractivity contribution >= 4 is 16.5 Å². The summed E-state index contributed by atoms with van der Waals surface area (Å²) in [5, 5.41) is 4.86. The molecule has 1 aromatic heterocycles. The van der Waals surface area contributed by atoms with E-state index >= 15 is 0 Å². The molecule has 0 radical (unpaired) electrons. The lowest BCUT2D eigenvalue weighted by atomic mass is 9.91. The van der Waals surface area contributed by atoms with Crippen molar-refractivity contribution in [3.05, 3.63) is 10.6 Å². The van der Waals surface area contributed by atoms with Crippen molar-refractivity contribution in [2.24, 2.45) is 0 Å². The van der Waals surface area contributed by atoms with Crippen LogP contribution in [0.15, 0.2) is 0 Å². The first-order valence-electron chi connectivity index (χ1n) is 8.44. The van der Waals surface area contributed by atoms with Crippen LogP contribution in [0, 0.1) is 0 Å². The number of hydrogen-bond donors (Lipinski definition) is 1. The predicted molar refractivity (Wildman–Crippen MR) is 93.5 cm³/mol. The smallest absolute Gasteiger partial charge is 0.185 e. The van der Waals surface area contributed by atoms with Gasteiger partial charge in [0.25, 0.3) is 0 Å². The van der Waals surface area contributed by atoms with Gasteiger partial charge in [-0.25, -0.2) is 4.98 Å². The van der Waals surface area contributed by atoms with E-state index in [1.165, 1.54) is 41.4 Å². The van der Waals surface area contributed by atoms with E-state index in [-0.39, 0.29) is 5.41 Å². The molecule has 1 saturated carbocycles. The van der Waals surface area contributed by atoms with Crippen LogP contribution in [0.25, 0.3) is 0 Å². The van der Waals surface area contributed by atoms with Crippen LogP contribution in [0.5, 0.6) is 0 Å². The van der Waals surface area contributed by atoms with E-state index in [1.807, 2.05) is 11.3 Å². The van der Waals surface area contributed by atoms with Crippen molar-refractivity contribution in [2.75, 3.05) is 18.0 Å². The summed E-state index contributed by atoms with van der Waals surface area (Å²) in [7, 11) is 0. The van der Waals surface area contributed by atoms with E-state index in [0.717, 1.165) is 25.7 Å². The van der Waals surface area contributed by atoms with Gasteiger partial charge in [-0.1, -0.05) is 34.1 Å². The normalized spacial score (nSPS) is 15.5. The van der Waals surface area contributed by atoms with Gasteiger partial charge in [0.1, 0.15) is 0 Å². The second kappa shape index (κ2) is 7.10. The number of anilines is 1. The van der Waals surface area contributed by atoms with Crippen molar-refractivity contribution in [1.82, 2.24) is 10.3 Å². The minimum absolute atomic E-state index is 0.124. The maximum Gasteiger partial charge on any atom is 0.185 e. The molecule has 1 aliphatic carbocycles. The van der Waals surface area contributed by atoms with E-state index in [2.05, 4.69) is 44.8 Å². The van der Waals surface area contributed by atoms with Gasteiger partial charge >= 0.3 is 0 Å². The summed E-state index contributed by atoms with van der Waals surface area (Å²) in [6.45, 7) is 14.5. The van der Waals surface area contributed by atoms with Gasteiger partial charge in [-0.05, 0) is 26.2 Å². The topological polar surface area (TPSA) is 28.2 Å². The average molecular weight is 310 g/mol. The molecule has 0 spiro atoms. The number of nitrogens with one attached hydrogen (secondary N) is 1. The Balaban J connectivity index is 2.16. The second-order valence-corrected chi connectivity index (χ2v) is 8.17. The second-order valence-electron chi connectivity index (χ2n) is 7.11. The molecule has 0 amide bonds. The molecule has 3 nitrogen and oxygen atoms in total. The van der Waals surface area contributed by atoms with Crippen LogP contribution in [0.2, 0.25) is 0 Å². The highest BCUT2D eigenvalue weighted by Crippen LogP contribution is 2.34. The predicted octanol–water partition coefficient (Wildman–Crippen LogP) is 4.32. The Morgan fingerprint density at radius 2 is 2.00 bits per heavy atom. The molecule has 1 heterocycles. The number of aromatic nitrogens is 1. The first-order chi connectivity index (χ1) is 9.95.